The van der Waals surface area contributed by atoms with E-state index in [0.29, 0.717) is 23.9 Å². The average Bonchev–Trinajstić information content (AvgIpc) is 3.03. The Bertz CT molecular complexity index is 662. The molecule has 27 heavy (non-hydrogen) atoms. The lowest BCUT2D eigenvalue weighted by Crippen LogP contribution is -2.55. The van der Waals surface area contributed by atoms with Crippen LogP contribution in [0.25, 0.3) is 0 Å². The molecule has 4 rings (SSSR count). The minimum Gasteiger partial charge on any atom is -0.446 e. The number of aryl methyl sites for hydroxylation is 1. The summed E-state index contributed by atoms with van der Waals surface area (Å²) in [6, 6.07) is 9.21. The summed E-state index contributed by atoms with van der Waals surface area (Å²) in [4.78, 5) is 15.4. The molecule has 3 fully saturated rings. The summed E-state index contributed by atoms with van der Waals surface area (Å²) in [5, 5.41) is 2.96. The standard InChI is InChI=1S/C23H34N2O2/c1-3-4-11-20-17-14-18(21-12-7-8-13-25(20)21)22(15-17)27-23(26)24-19-10-6-5-9-16(19)2/h5-6,9-10,17-18,20-22H,3-4,7-8,11-15H2,1-2H3,(H,24,26)/t17?,18?,20-,21+,22?/m0/s1. The summed E-state index contributed by atoms with van der Waals surface area (Å²) in [5.41, 5.74) is 1.92. The second kappa shape index (κ2) is 8.22. The number of fused-ring (bicyclic) bond motifs is 4. The first-order valence-electron chi connectivity index (χ1n) is 11.0. The summed E-state index contributed by atoms with van der Waals surface area (Å²) in [7, 11) is 0. The predicted octanol–water partition coefficient (Wildman–Crippen LogP) is 5.37. The number of rotatable bonds is 5. The number of benzene rings is 1. The van der Waals surface area contributed by atoms with Gasteiger partial charge in [-0.3, -0.25) is 10.2 Å². The van der Waals surface area contributed by atoms with Gasteiger partial charge in [0.2, 0.25) is 0 Å². The molecule has 1 aromatic carbocycles. The molecule has 2 heterocycles. The van der Waals surface area contributed by atoms with Gasteiger partial charge < -0.3 is 4.74 Å². The van der Waals surface area contributed by atoms with E-state index >= 15 is 0 Å². The van der Waals surface area contributed by atoms with Crippen molar-refractivity contribution >= 4 is 11.8 Å². The summed E-state index contributed by atoms with van der Waals surface area (Å²) >= 11 is 0. The highest BCUT2D eigenvalue weighted by molar-refractivity contribution is 5.85. The molecule has 4 heteroatoms. The van der Waals surface area contributed by atoms with E-state index in [1.165, 1.54) is 51.5 Å². The number of carbonyl (C=O) groups is 1. The van der Waals surface area contributed by atoms with Crippen LogP contribution in [0.15, 0.2) is 24.3 Å². The number of nitrogens with zero attached hydrogens (tertiary/aromatic N) is 1. The first kappa shape index (κ1) is 18.8. The SMILES string of the molecule is CCCC[C@H]1C2CC(OC(=O)Nc3ccccc3C)C(C2)[C@H]2CCCCN21. The molecule has 2 aliphatic heterocycles. The molecule has 1 aliphatic carbocycles. The fraction of sp³-hybridized carbons (Fsp3) is 0.696. The lowest BCUT2D eigenvalue weighted by Gasteiger charge is -2.49. The summed E-state index contributed by atoms with van der Waals surface area (Å²) < 4.78 is 6.01. The van der Waals surface area contributed by atoms with Gasteiger partial charge in [0.1, 0.15) is 6.10 Å². The Hall–Kier alpha value is -1.55. The van der Waals surface area contributed by atoms with Crippen LogP contribution in [0.1, 0.15) is 63.9 Å². The Morgan fingerprint density at radius 3 is 2.93 bits per heavy atom. The van der Waals surface area contributed by atoms with Gasteiger partial charge in [-0.25, -0.2) is 4.79 Å². The van der Waals surface area contributed by atoms with Crippen LogP contribution in [-0.2, 0) is 4.74 Å². The molecule has 148 valence electrons. The smallest absolute Gasteiger partial charge is 0.411 e. The Labute approximate surface area is 163 Å². The number of carbonyl (C=O) groups excluding carboxylic acids is 1. The molecule has 1 amide bonds. The minimum absolute atomic E-state index is 0.0799. The van der Waals surface area contributed by atoms with E-state index in [4.69, 9.17) is 4.74 Å². The van der Waals surface area contributed by atoms with E-state index < -0.39 is 0 Å². The van der Waals surface area contributed by atoms with E-state index in [1.54, 1.807) is 0 Å². The van der Waals surface area contributed by atoms with Gasteiger partial charge in [0.05, 0.1) is 0 Å². The third-order valence-corrected chi connectivity index (χ3v) is 7.14. The Morgan fingerprint density at radius 2 is 2.11 bits per heavy atom. The molecule has 3 aliphatic rings. The van der Waals surface area contributed by atoms with Gasteiger partial charge >= 0.3 is 6.09 Å². The van der Waals surface area contributed by atoms with Crippen LogP contribution >= 0.6 is 0 Å². The predicted molar refractivity (Wildman–Crippen MR) is 109 cm³/mol. The summed E-state index contributed by atoms with van der Waals surface area (Å²) in [6.45, 7) is 5.54. The van der Waals surface area contributed by atoms with Crippen molar-refractivity contribution in [2.75, 3.05) is 11.9 Å². The highest BCUT2D eigenvalue weighted by Crippen LogP contribution is 2.49. The minimum atomic E-state index is -0.283. The van der Waals surface area contributed by atoms with Crippen molar-refractivity contribution in [2.24, 2.45) is 11.8 Å². The van der Waals surface area contributed by atoms with Crippen molar-refractivity contribution in [1.29, 1.82) is 0 Å². The second-order valence-electron chi connectivity index (χ2n) is 8.79. The third-order valence-electron chi connectivity index (χ3n) is 7.14. The second-order valence-corrected chi connectivity index (χ2v) is 8.79. The van der Waals surface area contributed by atoms with Crippen LogP contribution in [0.3, 0.4) is 0 Å². The van der Waals surface area contributed by atoms with E-state index in [9.17, 15) is 4.79 Å². The van der Waals surface area contributed by atoms with E-state index in [1.807, 2.05) is 31.2 Å². The van der Waals surface area contributed by atoms with Crippen molar-refractivity contribution in [1.82, 2.24) is 4.90 Å². The number of piperidine rings is 2. The van der Waals surface area contributed by atoms with Crippen LogP contribution in [0.5, 0.6) is 0 Å². The van der Waals surface area contributed by atoms with Gasteiger partial charge in [0, 0.05) is 23.7 Å². The normalized spacial score (nSPS) is 32.7. The van der Waals surface area contributed by atoms with Gasteiger partial charge in [-0.05, 0) is 63.1 Å². The Morgan fingerprint density at radius 1 is 1.26 bits per heavy atom. The van der Waals surface area contributed by atoms with E-state index in [2.05, 4.69) is 17.1 Å². The highest BCUT2D eigenvalue weighted by atomic mass is 16.6. The maximum Gasteiger partial charge on any atom is 0.411 e. The summed E-state index contributed by atoms with van der Waals surface area (Å²) in [6.07, 6.45) is 9.92. The molecule has 3 unspecified atom stereocenters. The van der Waals surface area contributed by atoms with Crippen molar-refractivity contribution in [3.05, 3.63) is 29.8 Å². The quantitative estimate of drug-likeness (QED) is 0.758. The van der Waals surface area contributed by atoms with Gasteiger partial charge in [-0.2, -0.15) is 0 Å². The molecular weight excluding hydrogens is 336 g/mol. The monoisotopic (exact) mass is 370 g/mol. The fourth-order valence-electron chi connectivity index (χ4n) is 5.85. The topological polar surface area (TPSA) is 41.6 Å². The molecule has 1 saturated carbocycles. The maximum absolute atomic E-state index is 12.6. The third kappa shape index (κ3) is 3.87. The molecule has 2 saturated heterocycles. The van der Waals surface area contributed by atoms with Crippen LogP contribution in [0.4, 0.5) is 10.5 Å². The van der Waals surface area contributed by atoms with Gasteiger partial charge in [-0.15, -0.1) is 0 Å². The largest absolute Gasteiger partial charge is 0.446 e. The zero-order chi connectivity index (χ0) is 18.8. The zero-order valence-electron chi connectivity index (χ0n) is 16.8. The maximum atomic E-state index is 12.6. The number of unbranched alkanes of at least 4 members (excludes halogenated alkanes) is 1. The number of nitrogens with one attached hydrogen (secondary N) is 1. The fourth-order valence-corrected chi connectivity index (χ4v) is 5.85. The molecular formula is C23H34N2O2. The van der Waals surface area contributed by atoms with Gasteiger partial charge in [0.25, 0.3) is 0 Å². The molecule has 5 atom stereocenters. The molecule has 0 aromatic heterocycles. The lowest BCUT2D eigenvalue weighted by atomic mass is 9.79. The first-order chi connectivity index (χ1) is 13.2. The average molecular weight is 371 g/mol. The van der Waals surface area contributed by atoms with E-state index in [0.717, 1.165) is 17.7 Å². The molecule has 4 nitrogen and oxygen atoms in total. The first-order valence-corrected chi connectivity index (χ1v) is 11.0. The van der Waals surface area contributed by atoms with Crippen LogP contribution in [-0.4, -0.2) is 35.7 Å². The Balaban J connectivity index is 1.44. The van der Waals surface area contributed by atoms with Crippen LogP contribution in [0, 0.1) is 18.8 Å². The summed E-state index contributed by atoms with van der Waals surface area (Å²) in [5.74, 6) is 1.22. The number of ether oxygens (including phenoxy) is 1. The Kier molecular flexibility index (Phi) is 5.72. The van der Waals surface area contributed by atoms with Crippen molar-refractivity contribution in [3.8, 4) is 0 Å². The number of amides is 1. The number of hydrogen-bond donors (Lipinski definition) is 1. The molecule has 0 spiro atoms. The molecule has 1 aromatic rings. The van der Waals surface area contributed by atoms with Gasteiger partial charge in [-0.1, -0.05) is 44.4 Å². The number of anilines is 1. The number of hydrogen-bond acceptors (Lipinski definition) is 3. The molecule has 1 N–H and O–H groups in total. The highest BCUT2D eigenvalue weighted by Gasteiger charge is 2.52. The van der Waals surface area contributed by atoms with E-state index in [-0.39, 0.29) is 12.2 Å². The zero-order valence-corrected chi connectivity index (χ0v) is 16.8. The van der Waals surface area contributed by atoms with Crippen LogP contribution in [0.2, 0.25) is 0 Å². The van der Waals surface area contributed by atoms with Crippen molar-refractivity contribution in [3.63, 3.8) is 0 Å². The van der Waals surface area contributed by atoms with Gasteiger partial charge in [0.15, 0.2) is 0 Å². The molecule has 2 bridgehead atoms. The number of para-hydroxylation sites is 1. The molecule has 0 radical (unpaired) electrons. The van der Waals surface area contributed by atoms with Crippen molar-refractivity contribution in [2.45, 2.75) is 83.4 Å². The lowest BCUT2D eigenvalue weighted by molar-refractivity contribution is -0.0177. The van der Waals surface area contributed by atoms with Crippen molar-refractivity contribution < 1.29 is 9.53 Å². The van der Waals surface area contributed by atoms with Crippen LogP contribution < -0.4 is 5.32 Å².